The Labute approximate surface area is 118 Å². The van der Waals surface area contributed by atoms with Crippen LogP contribution in [0.25, 0.3) is 6.08 Å². The number of ether oxygens (including phenoxy) is 2. The number of rotatable bonds is 4. The Morgan fingerprint density at radius 3 is 3.11 bits per heavy atom. The zero-order valence-corrected chi connectivity index (χ0v) is 11.7. The fourth-order valence-electron chi connectivity index (χ4n) is 1.99. The lowest BCUT2D eigenvalue weighted by Crippen LogP contribution is -2.05. The van der Waals surface area contributed by atoms with Gasteiger partial charge in [0, 0.05) is 12.5 Å². The maximum atomic E-state index is 11.7. The van der Waals surface area contributed by atoms with Crippen LogP contribution in [0.3, 0.4) is 0 Å². The number of hydrogen-bond acceptors (Lipinski definition) is 3. The monoisotopic (exact) mass is 280 g/mol. The first-order valence-corrected chi connectivity index (χ1v) is 6.81. The van der Waals surface area contributed by atoms with E-state index in [1.54, 1.807) is 13.0 Å². The van der Waals surface area contributed by atoms with Gasteiger partial charge in [-0.05, 0) is 25.0 Å². The molecule has 1 heterocycles. The summed E-state index contributed by atoms with van der Waals surface area (Å²) in [6.07, 6.45) is 5.07. The molecule has 1 atom stereocenters. The molecule has 1 aliphatic rings. The van der Waals surface area contributed by atoms with E-state index in [2.05, 4.69) is 6.08 Å². The number of hydrogen-bond donors (Lipinski definition) is 0. The van der Waals surface area contributed by atoms with Gasteiger partial charge in [-0.15, -0.1) is 0 Å². The number of esters is 1. The molecule has 0 saturated carbocycles. The minimum Gasteiger partial charge on any atom is -0.462 e. The first kappa shape index (κ1) is 14.1. The van der Waals surface area contributed by atoms with Gasteiger partial charge in [-0.25, -0.2) is 4.79 Å². The van der Waals surface area contributed by atoms with E-state index in [0.717, 1.165) is 25.2 Å². The average molecular weight is 281 g/mol. The van der Waals surface area contributed by atoms with Gasteiger partial charge in [0.15, 0.2) is 0 Å². The molecule has 0 spiro atoms. The van der Waals surface area contributed by atoms with Crippen molar-refractivity contribution in [3.8, 4) is 0 Å². The third-order valence-electron chi connectivity index (χ3n) is 3.04. The molecule has 0 aliphatic carbocycles. The van der Waals surface area contributed by atoms with Crippen LogP contribution < -0.4 is 0 Å². The van der Waals surface area contributed by atoms with E-state index in [-0.39, 0.29) is 5.97 Å². The minimum atomic E-state index is -0.382. The van der Waals surface area contributed by atoms with Crippen LogP contribution in [0, 0.1) is 5.92 Å². The maximum absolute atomic E-state index is 11.7. The van der Waals surface area contributed by atoms with E-state index in [4.69, 9.17) is 21.1 Å². The van der Waals surface area contributed by atoms with Crippen molar-refractivity contribution in [3.63, 3.8) is 0 Å². The van der Waals surface area contributed by atoms with Crippen LogP contribution >= 0.6 is 11.6 Å². The van der Waals surface area contributed by atoms with Crippen LogP contribution in [-0.2, 0) is 9.47 Å². The van der Waals surface area contributed by atoms with Gasteiger partial charge in [0.1, 0.15) is 0 Å². The molecule has 3 nitrogen and oxygen atoms in total. The first-order chi connectivity index (χ1) is 9.22. The Bertz CT molecular complexity index is 476. The predicted molar refractivity (Wildman–Crippen MR) is 75.4 cm³/mol. The fraction of sp³-hybridized carbons (Fsp3) is 0.400. The van der Waals surface area contributed by atoms with E-state index in [1.807, 2.05) is 18.2 Å². The Morgan fingerprint density at radius 1 is 1.58 bits per heavy atom. The quantitative estimate of drug-likeness (QED) is 0.791. The second-order valence-electron chi connectivity index (χ2n) is 4.41. The van der Waals surface area contributed by atoms with Crippen LogP contribution in [0.2, 0.25) is 5.02 Å². The van der Waals surface area contributed by atoms with Crippen LogP contribution in [0.4, 0.5) is 0 Å². The van der Waals surface area contributed by atoms with Crippen molar-refractivity contribution in [1.29, 1.82) is 0 Å². The second kappa shape index (κ2) is 6.73. The zero-order chi connectivity index (χ0) is 13.7. The fourth-order valence-corrected chi connectivity index (χ4v) is 2.26. The molecular weight excluding hydrogens is 264 g/mol. The molecule has 0 aromatic heterocycles. The van der Waals surface area contributed by atoms with Crippen LogP contribution in [0.1, 0.15) is 29.3 Å². The molecule has 0 bridgehead atoms. The molecule has 0 amide bonds. The van der Waals surface area contributed by atoms with Gasteiger partial charge in [-0.1, -0.05) is 35.9 Å². The van der Waals surface area contributed by atoms with Crippen molar-refractivity contribution in [3.05, 3.63) is 40.4 Å². The molecule has 2 rings (SSSR count). The Balaban J connectivity index is 2.16. The van der Waals surface area contributed by atoms with Crippen molar-refractivity contribution >= 4 is 23.6 Å². The highest BCUT2D eigenvalue weighted by molar-refractivity contribution is 6.35. The minimum absolute atomic E-state index is 0.342. The zero-order valence-electron chi connectivity index (χ0n) is 10.9. The molecule has 1 unspecified atom stereocenters. The molecular formula is C15H17ClO3. The number of halogens is 1. The summed E-state index contributed by atoms with van der Waals surface area (Å²) in [6, 6.07) is 5.37. The lowest BCUT2D eigenvalue weighted by molar-refractivity contribution is 0.0526. The highest BCUT2D eigenvalue weighted by Gasteiger charge is 2.14. The molecule has 0 N–H and O–H groups in total. The number of benzene rings is 1. The van der Waals surface area contributed by atoms with Gasteiger partial charge in [0.05, 0.1) is 23.8 Å². The maximum Gasteiger partial charge on any atom is 0.339 e. The summed E-state index contributed by atoms with van der Waals surface area (Å²) in [5, 5.41) is 0.441. The highest BCUT2D eigenvalue weighted by atomic mass is 35.5. The standard InChI is InChI=1S/C15H17ClO3/c1-2-19-15(17)13-5-3-4-12(14(13)16)7-6-11-8-9-18-10-11/h3-7,11H,2,8-10H2,1H3/b7-6+. The largest absolute Gasteiger partial charge is 0.462 e. The summed E-state index contributed by atoms with van der Waals surface area (Å²) in [5.74, 6) is 0.0502. The van der Waals surface area contributed by atoms with Gasteiger partial charge in [0.25, 0.3) is 0 Å². The lowest BCUT2D eigenvalue weighted by atomic mass is 10.1. The Hall–Kier alpha value is -1.32. The normalized spacial score (nSPS) is 18.9. The van der Waals surface area contributed by atoms with Gasteiger partial charge in [-0.2, -0.15) is 0 Å². The average Bonchev–Trinajstić information content (AvgIpc) is 2.91. The van der Waals surface area contributed by atoms with Crippen LogP contribution in [0.5, 0.6) is 0 Å². The molecule has 1 fully saturated rings. The second-order valence-corrected chi connectivity index (χ2v) is 4.79. The Kier molecular flexibility index (Phi) is 5.00. The SMILES string of the molecule is CCOC(=O)c1cccc(/C=C/C2CCOC2)c1Cl. The van der Waals surface area contributed by atoms with Crippen molar-refractivity contribution in [2.45, 2.75) is 13.3 Å². The summed E-state index contributed by atoms with van der Waals surface area (Å²) in [4.78, 5) is 11.7. The molecule has 4 heteroatoms. The summed E-state index contributed by atoms with van der Waals surface area (Å²) >= 11 is 6.24. The van der Waals surface area contributed by atoms with E-state index in [0.29, 0.717) is 23.1 Å². The molecule has 102 valence electrons. The van der Waals surface area contributed by atoms with Crippen molar-refractivity contribution < 1.29 is 14.3 Å². The summed E-state index contributed by atoms with van der Waals surface area (Å²) < 4.78 is 10.3. The molecule has 1 aromatic rings. The smallest absolute Gasteiger partial charge is 0.339 e. The van der Waals surface area contributed by atoms with Gasteiger partial charge in [-0.3, -0.25) is 0 Å². The van der Waals surface area contributed by atoms with E-state index in [9.17, 15) is 4.79 Å². The van der Waals surface area contributed by atoms with Gasteiger partial charge in [0.2, 0.25) is 0 Å². The molecule has 0 radical (unpaired) electrons. The van der Waals surface area contributed by atoms with Crippen molar-refractivity contribution in [2.75, 3.05) is 19.8 Å². The summed E-state index contributed by atoms with van der Waals surface area (Å²) in [7, 11) is 0. The number of carbonyl (C=O) groups is 1. The van der Waals surface area contributed by atoms with Gasteiger partial charge < -0.3 is 9.47 Å². The topological polar surface area (TPSA) is 35.5 Å². The molecule has 1 saturated heterocycles. The van der Waals surface area contributed by atoms with E-state index < -0.39 is 0 Å². The third kappa shape index (κ3) is 3.58. The molecule has 1 aromatic carbocycles. The van der Waals surface area contributed by atoms with Crippen LogP contribution in [0.15, 0.2) is 24.3 Å². The number of carbonyl (C=O) groups excluding carboxylic acids is 1. The van der Waals surface area contributed by atoms with Gasteiger partial charge >= 0.3 is 5.97 Å². The lowest BCUT2D eigenvalue weighted by Gasteiger charge is -2.07. The molecule has 1 aliphatic heterocycles. The summed E-state index contributed by atoms with van der Waals surface area (Å²) in [6.45, 7) is 3.68. The van der Waals surface area contributed by atoms with E-state index >= 15 is 0 Å². The van der Waals surface area contributed by atoms with Crippen molar-refractivity contribution in [2.24, 2.45) is 5.92 Å². The summed E-state index contributed by atoms with van der Waals surface area (Å²) in [5.41, 5.74) is 1.24. The van der Waals surface area contributed by atoms with E-state index in [1.165, 1.54) is 0 Å². The highest BCUT2D eigenvalue weighted by Crippen LogP contribution is 2.24. The Morgan fingerprint density at radius 2 is 2.42 bits per heavy atom. The van der Waals surface area contributed by atoms with Crippen LogP contribution in [-0.4, -0.2) is 25.8 Å². The predicted octanol–water partition coefficient (Wildman–Crippen LogP) is 3.57. The molecule has 19 heavy (non-hydrogen) atoms. The first-order valence-electron chi connectivity index (χ1n) is 6.44. The third-order valence-corrected chi connectivity index (χ3v) is 3.46. The van der Waals surface area contributed by atoms with Crippen molar-refractivity contribution in [1.82, 2.24) is 0 Å².